The molecule has 20 heavy (non-hydrogen) atoms. The number of primary amides is 1. The van der Waals surface area contributed by atoms with Crippen molar-refractivity contribution in [1.29, 1.82) is 0 Å². The molecule has 2 amide bonds. The van der Waals surface area contributed by atoms with Crippen LogP contribution < -0.4 is 11.1 Å². The molecule has 0 aliphatic carbocycles. The number of anilines is 1. The molecule has 0 aromatic carbocycles. The lowest BCUT2D eigenvalue weighted by Crippen LogP contribution is -2.12. The summed E-state index contributed by atoms with van der Waals surface area (Å²) >= 11 is 1.28. The molecule has 2 aromatic heterocycles. The minimum absolute atomic E-state index is 0.182. The molecule has 0 unspecified atom stereocenters. The van der Waals surface area contributed by atoms with Crippen molar-refractivity contribution in [2.75, 3.05) is 5.32 Å². The molecular formula is C13H12N4O2S. The molecular weight excluding hydrogens is 276 g/mol. The van der Waals surface area contributed by atoms with Crippen LogP contribution in [0.15, 0.2) is 46.6 Å². The van der Waals surface area contributed by atoms with Crippen LogP contribution in [0.25, 0.3) is 0 Å². The largest absolute Gasteiger partial charge is 0.366 e. The summed E-state index contributed by atoms with van der Waals surface area (Å²) < 4.78 is 0. The topological polar surface area (TPSA) is 98.0 Å². The molecule has 0 radical (unpaired) electrons. The second-order valence-corrected chi connectivity index (χ2v) is 4.94. The maximum absolute atomic E-state index is 11.3. The molecule has 102 valence electrons. The fraction of sp³-hybridized carbons (Fsp3) is 0.0769. The summed E-state index contributed by atoms with van der Waals surface area (Å²) in [4.78, 5) is 31.2. The molecule has 2 heterocycles. The standard InChI is InChI=1S/C13H12N4O2S/c1-8(18)17-11-5-4-9(7-16-11)20-13-10(12(14)19)3-2-6-15-13/h2-7H,1H3,(H2,14,19)(H,16,17,18). The average Bonchev–Trinajstić information content (AvgIpc) is 2.41. The molecule has 0 aliphatic rings. The summed E-state index contributed by atoms with van der Waals surface area (Å²) in [6, 6.07) is 6.73. The molecule has 6 nitrogen and oxygen atoms in total. The number of hydrogen-bond donors (Lipinski definition) is 2. The first-order valence-electron chi connectivity index (χ1n) is 5.72. The normalized spacial score (nSPS) is 10.1. The Kier molecular flexibility index (Phi) is 4.31. The Morgan fingerprint density at radius 3 is 2.65 bits per heavy atom. The average molecular weight is 288 g/mol. The van der Waals surface area contributed by atoms with Gasteiger partial charge in [0.25, 0.3) is 5.91 Å². The van der Waals surface area contributed by atoms with Crippen LogP contribution in [0.1, 0.15) is 17.3 Å². The number of carbonyl (C=O) groups excluding carboxylic acids is 2. The van der Waals surface area contributed by atoms with Crippen LogP contribution >= 0.6 is 11.8 Å². The molecule has 2 aromatic rings. The Morgan fingerprint density at radius 2 is 2.05 bits per heavy atom. The number of rotatable bonds is 4. The van der Waals surface area contributed by atoms with E-state index in [4.69, 9.17) is 5.73 Å². The molecule has 0 aliphatic heterocycles. The van der Waals surface area contributed by atoms with E-state index in [1.165, 1.54) is 18.7 Å². The van der Waals surface area contributed by atoms with E-state index in [0.29, 0.717) is 16.4 Å². The Labute approximate surface area is 119 Å². The van der Waals surface area contributed by atoms with Gasteiger partial charge in [-0.3, -0.25) is 9.59 Å². The van der Waals surface area contributed by atoms with Gasteiger partial charge in [-0.05, 0) is 24.3 Å². The second-order valence-electron chi connectivity index (χ2n) is 3.88. The third-order valence-corrected chi connectivity index (χ3v) is 3.29. The van der Waals surface area contributed by atoms with Crippen molar-refractivity contribution in [3.63, 3.8) is 0 Å². The molecule has 0 fully saturated rings. The second kappa shape index (κ2) is 6.16. The predicted molar refractivity (Wildman–Crippen MR) is 75.4 cm³/mol. The molecule has 0 atom stereocenters. The van der Waals surface area contributed by atoms with E-state index in [-0.39, 0.29) is 5.91 Å². The lowest BCUT2D eigenvalue weighted by atomic mass is 10.3. The van der Waals surface area contributed by atoms with Crippen molar-refractivity contribution in [3.8, 4) is 0 Å². The number of aromatic nitrogens is 2. The van der Waals surface area contributed by atoms with Gasteiger partial charge in [-0.15, -0.1) is 0 Å². The summed E-state index contributed by atoms with van der Waals surface area (Å²) in [7, 11) is 0. The van der Waals surface area contributed by atoms with Crippen molar-refractivity contribution in [3.05, 3.63) is 42.2 Å². The monoisotopic (exact) mass is 288 g/mol. The fourth-order valence-corrected chi connectivity index (χ4v) is 2.32. The van der Waals surface area contributed by atoms with E-state index in [0.717, 1.165) is 4.90 Å². The van der Waals surface area contributed by atoms with Gasteiger partial charge in [-0.25, -0.2) is 9.97 Å². The van der Waals surface area contributed by atoms with Gasteiger partial charge >= 0.3 is 0 Å². The minimum Gasteiger partial charge on any atom is -0.366 e. The number of nitrogens with two attached hydrogens (primary N) is 1. The van der Waals surface area contributed by atoms with Gasteiger partial charge in [0.05, 0.1) is 5.56 Å². The van der Waals surface area contributed by atoms with Gasteiger partial charge in [0.15, 0.2) is 0 Å². The van der Waals surface area contributed by atoms with Gasteiger partial charge in [-0.1, -0.05) is 11.8 Å². The highest BCUT2D eigenvalue weighted by atomic mass is 32.2. The lowest BCUT2D eigenvalue weighted by molar-refractivity contribution is -0.114. The van der Waals surface area contributed by atoms with Crippen molar-refractivity contribution < 1.29 is 9.59 Å². The molecule has 2 rings (SSSR count). The maximum Gasteiger partial charge on any atom is 0.251 e. The Balaban J connectivity index is 2.18. The first-order chi connectivity index (χ1) is 9.56. The van der Waals surface area contributed by atoms with Crippen molar-refractivity contribution >= 4 is 29.4 Å². The number of pyridine rings is 2. The zero-order chi connectivity index (χ0) is 14.5. The third-order valence-electron chi connectivity index (χ3n) is 2.29. The SMILES string of the molecule is CC(=O)Nc1ccc(Sc2ncccc2C(N)=O)cn1. The fourth-order valence-electron chi connectivity index (χ4n) is 1.47. The highest BCUT2D eigenvalue weighted by Gasteiger charge is 2.10. The first-order valence-corrected chi connectivity index (χ1v) is 6.54. The van der Waals surface area contributed by atoms with E-state index in [1.807, 2.05) is 0 Å². The highest BCUT2D eigenvalue weighted by Crippen LogP contribution is 2.28. The summed E-state index contributed by atoms with van der Waals surface area (Å²) in [6.07, 6.45) is 3.18. The van der Waals surface area contributed by atoms with Crippen LogP contribution in [-0.4, -0.2) is 21.8 Å². The smallest absolute Gasteiger partial charge is 0.251 e. The van der Waals surface area contributed by atoms with Crippen LogP contribution in [0.4, 0.5) is 5.82 Å². The van der Waals surface area contributed by atoms with Gasteiger partial charge in [0.2, 0.25) is 5.91 Å². The molecule has 0 spiro atoms. The van der Waals surface area contributed by atoms with Crippen molar-refractivity contribution in [2.24, 2.45) is 5.73 Å². The maximum atomic E-state index is 11.3. The number of carbonyl (C=O) groups is 2. The molecule has 0 bridgehead atoms. The number of nitrogens with zero attached hydrogens (tertiary/aromatic N) is 2. The Hall–Kier alpha value is -2.41. The highest BCUT2D eigenvalue weighted by molar-refractivity contribution is 7.99. The van der Waals surface area contributed by atoms with Crippen LogP contribution in [0, 0.1) is 0 Å². The Morgan fingerprint density at radius 1 is 1.25 bits per heavy atom. The lowest BCUT2D eigenvalue weighted by Gasteiger charge is -2.05. The van der Waals surface area contributed by atoms with E-state index in [1.54, 1.807) is 36.7 Å². The summed E-state index contributed by atoms with van der Waals surface area (Å²) in [5.41, 5.74) is 5.66. The van der Waals surface area contributed by atoms with E-state index < -0.39 is 5.91 Å². The van der Waals surface area contributed by atoms with Gasteiger partial charge in [0, 0.05) is 24.2 Å². The third kappa shape index (κ3) is 3.55. The number of amides is 2. The quantitative estimate of drug-likeness (QED) is 0.892. The Bertz CT molecular complexity index is 643. The molecule has 7 heteroatoms. The molecule has 3 N–H and O–H groups in total. The minimum atomic E-state index is -0.525. The van der Waals surface area contributed by atoms with E-state index >= 15 is 0 Å². The van der Waals surface area contributed by atoms with Crippen LogP contribution in [0.3, 0.4) is 0 Å². The van der Waals surface area contributed by atoms with Gasteiger partial charge < -0.3 is 11.1 Å². The molecule has 0 saturated carbocycles. The first kappa shape index (κ1) is 14.0. The summed E-state index contributed by atoms with van der Waals surface area (Å²) in [5.74, 6) is -0.236. The number of nitrogens with one attached hydrogen (secondary N) is 1. The van der Waals surface area contributed by atoms with Crippen LogP contribution in [-0.2, 0) is 4.79 Å². The molecule has 0 saturated heterocycles. The van der Waals surface area contributed by atoms with E-state index in [9.17, 15) is 9.59 Å². The van der Waals surface area contributed by atoms with E-state index in [2.05, 4.69) is 15.3 Å². The van der Waals surface area contributed by atoms with Gasteiger partial charge in [-0.2, -0.15) is 0 Å². The van der Waals surface area contributed by atoms with Gasteiger partial charge in [0.1, 0.15) is 10.8 Å². The summed E-state index contributed by atoms with van der Waals surface area (Å²) in [5, 5.41) is 3.10. The van der Waals surface area contributed by atoms with Crippen LogP contribution in [0.5, 0.6) is 0 Å². The van der Waals surface area contributed by atoms with Crippen molar-refractivity contribution in [2.45, 2.75) is 16.8 Å². The van der Waals surface area contributed by atoms with Crippen LogP contribution in [0.2, 0.25) is 0 Å². The number of hydrogen-bond acceptors (Lipinski definition) is 5. The zero-order valence-corrected chi connectivity index (χ0v) is 11.5. The predicted octanol–water partition coefficient (Wildman–Crippen LogP) is 1.69. The van der Waals surface area contributed by atoms with Crippen molar-refractivity contribution in [1.82, 2.24) is 9.97 Å². The zero-order valence-electron chi connectivity index (χ0n) is 10.7. The summed E-state index contributed by atoms with van der Waals surface area (Å²) in [6.45, 7) is 1.41.